The minimum atomic E-state index is 0.468. The summed E-state index contributed by atoms with van der Waals surface area (Å²) in [5, 5.41) is 15.4. The van der Waals surface area contributed by atoms with E-state index in [4.69, 9.17) is 21.1 Å². The molecule has 0 aliphatic rings. The van der Waals surface area contributed by atoms with Crippen molar-refractivity contribution in [1.82, 2.24) is 4.98 Å². The fourth-order valence-corrected chi connectivity index (χ4v) is 2.77. The van der Waals surface area contributed by atoms with Gasteiger partial charge in [-0.05, 0) is 31.7 Å². The minimum absolute atomic E-state index is 0.468. The van der Waals surface area contributed by atoms with Crippen LogP contribution >= 0.6 is 0 Å². The Kier molecular flexibility index (Phi) is 16.0. The van der Waals surface area contributed by atoms with Crippen LogP contribution in [0.25, 0.3) is 0 Å². The molecule has 6 heteroatoms. The third-order valence-corrected chi connectivity index (χ3v) is 4.05. The van der Waals surface area contributed by atoms with E-state index in [1.165, 1.54) is 11.8 Å². The summed E-state index contributed by atoms with van der Waals surface area (Å²) in [5.74, 6) is 1.00. The molecule has 1 aromatic carbocycles. The van der Waals surface area contributed by atoms with Gasteiger partial charge in [-0.3, -0.25) is 0 Å². The number of pyridine rings is 1. The predicted octanol–water partition coefficient (Wildman–Crippen LogP) is 5.99. The zero-order valence-corrected chi connectivity index (χ0v) is 19.8. The third kappa shape index (κ3) is 12.3. The van der Waals surface area contributed by atoms with Crippen LogP contribution in [-0.4, -0.2) is 30.9 Å². The van der Waals surface area contributed by atoms with Crippen LogP contribution in [0.15, 0.2) is 36.4 Å². The van der Waals surface area contributed by atoms with E-state index in [1.54, 1.807) is 0 Å². The van der Waals surface area contributed by atoms with Crippen LogP contribution in [0.2, 0.25) is 0 Å². The van der Waals surface area contributed by atoms with Gasteiger partial charge >= 0.3 is 0 Å². The number of benzene rings is 1. The molecule has 1 aromatic heterocycles. The lowest BCUT2D eigenvalue weighted by Gasteiger charge is -2.24. The summed E-state index contributed by atoms with van der Waals surface area (Å²) in [7, 11) is 0. The highest BCUT2D eigenvalue weighted by molar-refractivity contribution is 5.76. The molecule has 0 unspecified atom stereocenters. The SMILES string of the molecule is CC.CCCN(CCC)c1cc(N)nc(OCCCC#N)c1.Cc1cccc(C=N)c1. The first-order valence-electron chi connectivity index (χ1n) is 11.1. The zero-order chi connectivity index (χ0) is 23.5. The van der Waals surface area contributed by atoms with Crippen molar-refractivity contribution in [2.24, 2.45) is 0 Å². The van der Waals surface area contributed by atoms with Crippen molar-refractivity contribution in [2.45, 2.75) is 60.3 Å². The largest absolute Gasteiger partial charge is 0.478 e. The summed E-state index contributed by atoms with van der Waals surface area (Å²) in [5.41, 5.74) is 9.07. The number of anilines is 2. The van der Waals surface area contributed by atoms with Gasteiger partial charge in [0.1, 0.15) is 5.82 Å². The molecule has 0 bridgehead atoms. The normalized spacial score (nSPS) is 9.29. The lowest BCUT2D eigenvalue weighted by molar-refractivity contribution is 0.301. The van der Waals surface area contributed by atoms with Gasteiger partial charge in [0.2, 0.25) is 5.88 Å². The second-order valence-corrected chi connectivity index (χ2v) is 6.74. The number of rotatable bonds is 10. The average Bonchev–Trinajstić information content (AvgIpc) is 2.78. The highest BCUT2D eigenvalue weighted by Crippen LogP contribution is 2.23. The predicted molar refractivity (Wildman–Crippen MR) is 132 cm³/mol. The number of aryl methyl sites for hydroxylation is 1. The molecule has 0 aliphatic carbocycles. The minimum Gasteiger partial charge on any atom is -0.478 e. The smallest absolute Gasteiger partial charge is 0.217 e. The van der Waals surface area contributed by atoms with Crippen LogP contribution in [0.4, 0.5) is 11.5 Å². The lowest BCUT2D eigenvalue weighted by Crippen LogP contribution is -2.25. The van der Waals surface area contributed by atoms with Gasteiger partial charge in [0.25, 0.3) is 0 Å². The highest BCUT2D eigenvalue weighted by atomic mass is 16.5. The van der Waals surface area contributed by atoms with Crippen LogP contribution < -0.4 is 15.4 Å². The highest BCUT2D eigenvalue weighted by Gasteiger charge is 2.08. The summed E-state index contributed by atoms with van der Waals surface area (Å²) in [4.78, 5) is 6.47. The van der Waals surface area contributed by atoms with Crippen molar-refractivity contribution >= 4 is 17.7 Å². The van der Waals surface area contributed by atoms with Gasteiger partial charge in [-0.1, -0.05) is 57.5 Å². The van der Waals surface area contributed by atoms with E-state index in [0.29, 0.717) is 31.1 Å². The quantitative estimate of drug-likeness (QED) is 0.360. The van der Waals surface area contributed by atoms with Gasteiger partial charge in [-0.25, -0.2) is 0 Å². The first-order chi connectivity index (χ1) is 15.0. The summed E-state index contributed by atoms with van der Waals surface area (Å²) >= 11 is 0. The third-order valence-electron chi connectivity index (χ3n) is 4.05. The van der Waals surface area contributed by atoms with Crippen LogP contribution in [0.3, 0.4) is 0 Å². The molecule has 0 saturated carbocycles. The molecule has 6 nitrogen and oxygen atoms in total. The van der Waals surface area contributed by atoms with E-state index in [9.17, 15) is 0 Å². The number of nitrogens with two attached hydrogens (primary N) is 1. The van der Waals surface area contributed by atoms with Crippen molar-refractivity contribution in [3.63, 3.8) is 0 Å². The number of hydrogen-bond acceptors (Lipinski definition) is 6. The van der Waals surface area contributed by atoms with Gasteiger partial charge in [-0.2, -0.15) is 10.2 Å². The Bertz CT molecular complexity index is 780. The molecule has 31 heavy (non-hydrogen) atoms. The van der Waals surface area contributed by atoms with Gasteiger partial charge in [0.15, 0.2) is 0 Å². The standard InChI is InChI=1S/C15H24N4O.C8H9N.C2H6/c1-3-8-19(9-4-2)13-11-14(17)18-15(12-13)20-10-6-5-7-16;1-7-3-2-4-8(5-7)6-9;1-2/h11-12H,3-6,8-10H2,1-2H3,(H2,17,18);2-6,9H,1H3;1-2H3. The molecule has 2 aromatic rings. The molecule has 2 rings (SSSR count). The molecular weight excluding hydrogens is 386 g/mol. The maximum atomic E-state index is 8.49. The Hall–Kier alpha value is -3.07. The Balaban J connectivity index is 0.000000679. The second-order valence-electron chi connectivity index (χ2n) is 6.74. The molecular formula is C25H39N5O. The number of aromatic nitrogens is 1. The van der Waals surface area contributed by atoms with Gasteiger partial charge in [0, 0.05) is 43.5 Å². The van der Waals surface area contributed by atoms with Crippen LogP contribution in [-0.2, 0) is 0 Å². The van der Waals surface area contributed by atoms with Gasteiger partial charge < -0.3 is 20.8 Å². The van der Waals surface area contributed by atoms with Crippen molar-refractivity contribution in [2.75, 3.05) is 30.3 Å². The molecule has 3 N–H and O–H groups in total. The summed E-state index contributed by atoms with van der Waals surface area (Å²) < 4.78 is 5.57. The van der Waals surface area contributed by atoms with Crippen molar-refractivity contribution in [1.29, 1.82) is 10.7 Å². The number of nitrogens with zero attached hydrogens (tertiary/aromatic N) is 3. The Labute approximate surface area is 188 Å². The molecule has 170 valence electrons. The summed E-state index contributed by atoms with van der Waals surface area (Å²) in [6.07, 6.45) is 4.72. The van der Waals surface area contributed by atoms with E-state index in [1.807, 2.05) is 57.2 Å². The molecule has 0 fully saturated rings. The van der Waals surface area contributed by atoms with E-state index in [0.717, 1.165) is 37.2 Å². The number of nitrogens with one attached hydrogen (secondary N) is 1. The maximum absolute atomic E-state index is 8.49. The van der Waals surface area contributed by atoms with Crippen molar-refractivity contribution < 1.29 is 4.74 Å². The molecule has 0 amide bonds. The molecule has 0 aliphatic heterocycles. The summed E-state index contributed by atoms with van der Waals surface area (Å²) in [6, 6.07) is 13.8. The average molecular weight is 426 g/mol. The zero-order valence-electron chi connectivity index (χ0n) is 19.8. The number of nitriles is 1. The van der Waals surface area contributed by atoms with Gasteiger partial charge in [0.05, 0.1) is 12.7 Å². The van der Waals surface area contributed by atoms with E-state index in [2.05, 4.69) is 29.8 Å². The lowest BCUT2D eigenvalue weighted by atomic mass is 10.2. The maximum Gasteiger partial charge on any atom is 0.217 e. The molecule has 0 radical (unpaired) electrons. The second kappa shape index (κ2) is 17.8. The fraction of sp³-hybridized carbons (Fsp3) is 0.480. The Morgan fingerprint density at radius 3 is 2.35 bits per heavy atom. The first-order valence-corrected chi connectivity index (χ1v) is 11.1. The Morgan fingerprint density at radius 2 is 1.84 bits per heavy atom. The summed E-state index contributed by atoms with van der Waals surface area (Å²) in [6.45, 7) is 12.8. The van der Waals surface area contributed by atoms with Crippen molar-refractivity contribution in [3.05, 3.63) is 47.5 Å². The van der Waals surface area contributed by atoms with Gasteiger partial charge in [-0.15, -0.1) is 0 Å². The van der Waals surface area contributed by atoms with Crippen LogP contribution in [0.1, 0.15) is 64.5 Å². The van der Waals surface area contributed by atoms with Crippen LogP contribution in [0, 0.1) is 23.7 Å². The number of ether oxygens (including phenoxy) is 1. The monoisotopic (exact) mass is 425 g/mol. The fourth-order valence-electron chi connectivity index (χ4n) is 2.77. The molecule has 0 spiro atoms. The van der Waals surface area contributed by atoms with E-state index >= 15 is 0 Å². The number of unbranched alkanes of at least 4 members (excludes halogenated alkanes) is 1. The first kappa shape index (κ1) is 27.9. The molecule has 0 atom stereocenters. The van der Waals surface area contributed by atoms with E-state index in [-0.39, 0.29) is 0 Å². The topological polar surface area (TPSA) is 99.0 Å². The Morgan fingerprint density at radius 1 is 1.16 bits per heavy atom. The van der Waals surface area contributed by atoms with E-state index < -0.39 is 0 Å². The number of hydrogen-bond donors (Lipinski definition) is 2. The van der Waals surface area contributed by atoms with Crippen LogP contribution in [0.5, 0.6) is 5.88 Å². The van der Waals surface area contributed by atoms with Crippen molar-refractivity contribution in [3.8, 4) is 11.9 Å². The molecule has 0 saturated heterocycles. The molecule has 1 heterocycles. The number of nitrogen functional groups attached to an aromatic ring is 1.